The number of carbonyl (C=O) groups excluding carboxylic acids is 2. The van der Waals surface area contributed by atoms with E-state index in [1.54, 1.807) is 17.0 Å². The summed E-state index contributed by atoms with van der Waals surface area (Å²) in [6.07, 6.45) is 0.269. The van der Waals surface area contributed by atoms with E-state index in [1.807, 2.05) is 49.4 Å². The van der Waals surface area contributed by atoms with Crippen molar-refractivity contribution in [1.82, 2.24) is 5.32 Å². The molecule has 0 saturated carbocycles. The number of para-hydroxylation sites is 1. The summed E-state index contributed by atoms with van der Waals surface area (Å²) < 4.78 is 0.922. The Morgan fingerprint density at radius 2 is 1.70 bits per heavy atom. The Balaban J connectivity index is 1.86. The fourth-order valence-electron chi connectivity index (χ4n) is 2.23. The van der Waals surface area contributed by atoms with Crippen LogP contribution in [0.25, 0.3) is 0 Å². The standard InChI is InChI=1S/C18H19BrN2O2/c1-2-21(16-6-4-3-5-7-16)17(22)12-13-20-18(23)14-8-10-15(19)11-9-14/h3-11H,2,12-13H2,1H3,(H,20,23). The second kappa shape index (κ2) is 8.48. The lowest BCUT2D eigenvalue weighted by atomic mass is 10.2. The first-order valence-electron chi connectivity index (χ1n) is 7.51. The highest BCUT2D eigenvalue weighted by Gasteiger charge is 2.13. The first-order valence-corrected chi connectivity index (χ1v) is 8.30. The molecule has 23 heavy (non-hydrogen) atoms. The van der Waals surface area contributed by atoms with Gasteiger partial charge < -0.3 is 10.2 Å². The van der Waals surface area contributed by atoms with Crippen molar-refractivity contribution in [2.45, 2.75) is 13.3 Å². The molecule has 0 aliphatic carbocycles. The van der Waals surface area contributed by atoms with Gasteiger partial charge in [0, 0.05) is 35.2 Å². The molecular formula is C18H19BrN2O2. The Bertz CT molecular complexity index is 656. The number of amides is 2. The third-order valence-electron chi connectivity index (χ3n) is 3.42. The van der Waals surface area contributed by atoms with E-state index in [0.717, 1.165) is 10.2 Å². The zero-order chi connectivity index (χ0) is 16.7. The zero-order valence-corrected chi connectivity index (χ0v) is 14.5. The molecule has 2 aromatic carbocycles. The summed E-state index contributed by atoms with van der Waals surface area (Å²) >= 11 is 3.33. The van der Waals surface area contributed by atoms with E-state index in [1.165, 1.54) is 0 Å². The fraction of sp³-hybridized carbons (Fsp3) is 0.222. The lowest BCUT2D eigenvalue weighted by Crippen LogP contribution is -2.34. The van der Waals surface area contributed by atoms with Gasteiger partial charge in [0.05, 0.1) is 0 Å². The highest BCUT2D eigenvalue weighted by atomic mass is 79.9. The van der Waals surface area contributed by atoms with E-state index in [4.69, 9.17) is 0 Å². The Morgan fingerprint density at radius 3 is 2.30 bits per heavy atom. The van der Waals surface area contributed by atoms with Crippen LogP contribution in [-0.4, -0.2) is 24.9 Å². The number of carbonyl (C=O) groups is 2. The average molecular weight is 375 g/mol. The molecule has 0 unspecified atom stereocenters. The highest BCUT2D eigenvalue weighted by Crippen LogP contribution is 2.14. The minimum atomic E-state index is -0.173. The summed E-state index contributed by atoms with van der Waals surface area (Å²) in [6, 6.07) is 16.6. The maximum atomic E-state index is 12.3. The van der Waals surface area contributed by atoms with Gasteiger partial charge in [0.25, 0.3) is 5.91 Å². The summed E-state index contributed by atoms with van der Waals surface area (Å²) in [7, 11) is 0. The Morgan fingerprint density at radius 1 is 1.04 bits per heavy atom. The molecule has 2 amide bonds. The van der Waals surface area contributed by atoms with Crippen molar-refractivity contribution in [2.24, 2.45) is 0 Å². The quantitative estimate of drug-likeness (QED) is 0.839. The van der Waals surface area contributed by atoms with Crippen molar-refractivity contribution in [1.29, 1.82) is 0 Å². The molecule has 0 aromatic heterocycles. The molecule has 0 heterocycles. The normalized spacial score (nSPS) is 10.2. The number of hydrogen-bond donors (Lipinski definition) is 1. The van der Waals surface area contributed by atoms with E-state index in [0.29, 0.717) is 18.7 Å². The molecule has 2 aromatic rings. The predicted octanol–water partition coefficient (Wildman–Crippen LogP) is 3.62. The summed E-state index contributed by atoms with van der Waals surface area (Å²) in [5.74, 6) is -0.178. The van der Waals surface area contributed by atoms with Crippen molar-refractivity contribution in [2.75, 3.05) is 18.0 Å². The number of anilines is 1. The maximum Gasteiger partial charge on any atom is 0.251 e. The fourth-order valence-corrected chi connectivity index (χ4v) is 2.50. The van der Waals surface area contributed by atoms with Crippen LogP contribution in [0.3, 0.4) is 0 Å². The van der Waals surface area contributed by atoms with Crippen LogP contribution in [0.15, 0.2) is 59.1 Å². The van der Waals surface area contributed by atoms with E-state index >= 15 is 0 Å². The number of benzene rings is 2. The van der Waals surface area contributed by atoms with Gasteiger partial charge in [0.1, 0.15) is 0 Å². The Hall–Kier alpha value is -2.14. The van der Waals surface area contributed by atoms with Gasteiger partial charge in [-0.15, -0.1) is 0 Å². The van der Waals surface area contributed by atoms with Crippen LogP contribution in [0.1, 0.15) is 23.7 Å². The van der Waals surface area contributed by atoms with Crippen LogP contribution < -0.4 is 10.2 Å². The van der Waals surface area contributed by atoms with Crippen LogP contribution in [0.5, 0.6) is 0 Å². The summed E-state index contributed by atoms with van der Waals surface area (Å²) in [5.41, 5.74) is 1.45. The Kier molecular flexibility index (Phi) is 6.35. The average Bonchev–Trinajstić information content (AvgIpc) is 2.57. The van der Waals surface area contributed by atoms with Crippen molar-refractivity contribution in [3.8, 4) is 0 Å². The van der Waals surface area contributed by atoms with E-state index in [2.05, 4.69) is 21.2 Å². The lowest BCUT2D eigenvalue weighted by molar-refractivity contribution is -0.118. The van der Waals surface area contributed by atoms with Gasteiger partial charge in [-0.05, 0) is 43.3 Å². The van der Waals surface area contributed by atoms with Crippen LogP contribution in [0, 0.1) is 0 Å². The molecular weight excluding hydrogens is 356 g/mol. The molecule has 120 valence electrons. The van der Waals surface area contributed by atoms with Gasteiger partial charge in [0.15, 0.2) is 0 Å². The molecule has 0 aliphatic heterocycles. The Labute approximate surface area is 144 Å². The first-order chi connectivity index (χ1) is 11.1. The molecule has 0 fully saturated rings. The first kappa shape index (κ1) is 17.2. The topological polar surface area (TPSA) is 49.4 Å². The molecule has 0 atom stereocenters. The molecule has 5 heteroatoms. The molecule has 1 N–H and O–H groups in total. The molecule has 0 saturated heterocycles. The summed E-state index contributed by atoms with van der Waals surface area (Å²) in [4.78, 5) is 26.0. The third-order valence-corrected chi connectivity index (χ3v) is 3.94. The molecule has 2 rings (SSSR count). The second-order valence-electron chi connectivity index (χ2n) is 4.99. The van der Waals surface area contributed by atoms with Crippen molar-refractivity contribution < 1.29 is 9.59 Å². The van der Waals surface area contributed by atoms with E-state index in [-0.39, 0.29) is 18.2 Å². The SMILES string of the molecule is CCN(C(=O)CCNC(=O)c1ccc(Br)cc1)c1ccccc1. The van der Waals surface area contributed by atoms with Gasteiger partial charge in [0.2, 0.25) is 5.91 Å². The van der Waals surface area contributed by atoms with Crippen LogP contribution in [0.2, 0.25) is 0 Å². The molecule has 0 bridgehead atoms. The van der Waals surface area contributed by atoms with Crippen LogP contribution in [0.4, 0.5) is 5.69 Å². The molecule has 0 radical (unpaired) electrons. The van der Waals surface area contributed by atoms with Crippen LogP contribution >= 0.6 is 15.9 Å². The number of rotatable bonds is 6. The molecule has 4 nitrogen and oxygen atoms in total. The minimum absolute atomic E-state index is 0.00481. The summed E-state index contributed by atoms with van der Waals surface area (Å²) in [5, 5.41) is 2.78. The van der Waals surface area contributed by atoms with E-state index < -0.39 is 0 Å². The largest absolute Gasteiger partial charge is 0.352 e. The summed E-state index contributed by atoms with van der Waals surface area (Å²) in [6.45, 7) is 2.85. The zero-order valence-electron chi connectivity index (χ0n) is 13.0. The number of nitrogens with zero attached hydrogens (tertiary/aromatic N) is 1. The second-order valence-corrected chi connectivity index (χ2v) is 5.90. The number of halogens is 1. The monoisotopic (exact) mass is 374 g/mol. The maximum absolute atomic E-state index is 12.3. The predicted molar refractivity (Wildman–Crippen MR) is 95.6 cm³/mol. The lowest BCUT2D eigenvalue weighted by Gasteiger charge is -2.21. The number of hydrogen-bond acceptors (Lipinski definition) is 2. The third kappa shape index (κ3) is 4.93. The van der Waals surface area contributed by atoms with Crippen molar-refractivity contribution in [3.05, 3.63) is 64.6 Å². The van der Waals surface area contributed by atoms with Gasteiger partial charge >= 0.3 is 0 Å². The van der Waals surface area contributed by atoms with Gasteiger partial charge in [-0.1, -0.05) is 34.1 Å². The van der Waals surface area contributed by atoms with Gasteiger partial charge in [-0.3, -0.25) is 9.59 Å². The van der Waals surface area contributed by atoms with Gasteiger partial charge in [-0.25, -0.2) is 0 Å². The van der Waals surface area contributed by atoms with Crippen molar-refractivity contribution in [3.63, 3.8) is 0 Å². The van der Waals surface area contributed by atoms with E-state index in [9.17, 15) is 9.59 Å². The minimum Gasteiger partial charge on any atom is -0.352 e. The molecule has 0 spiro atoms. The van der Waals surface area contributed by atoms with Crippen LogP contribution in [-0.2, 0) is 4.79 Å². The smallest absolute Gasteiger partial charge is 0.251 e. The molecule has 0 aliphatic rings. The number of nitrogens with one attached hydrogen (secondary N) is 1. The van der Waals surface area contributed by atoms with Gasteiger partial charge in [-0.2, -0.15) is 0 Å². The van der Waals surface area contributed by atoms with Crippen molar-refractivity contribution >= 4 is 33.4 Å². The highest BCUT2D eigenvalue weighted by molar-refractivity contribution is 9.10.